The van der Waals surface area contributed by atoms with Crippen molar-refractivity contribution in [1.82, 2.24) is 0 Å². The summed E-state index contributed by atoms with van der Waals surface area (Å²) in [6.45, 7) is 9.24. The van der Waals surface area contributed by atoms with Crippen LogP contribution < -0.4 is 5.46 Å². The molecule has 0 saturated carbocycles. The van der Waals surface area contributed by atoms with E-state index in [4.69, 9.17) is 4.65 Å². The predicted octanol–water partition coefficient (Wildman–Crippen LogP) is 8.42. The van der Waals surface area contributed by atoms with Gasteiger partial charge in [0.25, 0.3) is 0 Å². The van der Waals surface area contributed by atoms with Crippen LogP contribution in [0.1, 0.15) is 27.7 Å². The first-order valence-electron chi connectivity index (χ1n) is 12.1. The second-order valence-electron chi connectivity index (χ2n) is 10.7. The lowest BCUT2D eigenvalue weighted by atomic mass is 9.54. The van der Waals surface area contributed by atoms with E-state index >= 15 is 0 Å². The van der Waals surface area contributed by atoms with Crippen molar-refractivity contribution < 1.29 is 4.65 Å². The molecule has 0 atom stereocenters. The molecule has 0 spiro atoms. The molecular weight excluding hydrogens is 431 g/mol. The smallest absolute Gasteiger partial charge is 0.327 e. The molecule has 168 valence electrons. The third-order valence-corrected chi connectivity index (χ3v) is 9.08. The van der Waals surface area contributed by atoms with Crippen LogP contribution in [0.15, 0.2) is 91.0 Å². The van der Waals surface area contributed by atoms with Crippen molar-refractivity contribution in [3.63, 3.8) is 0 Å². The summed E-state index contributed by atoms with van der Waals surface area (Å²) in [5, 5.41) is 2.67. The molecule has 0 N–H and O–H groups in total. The van der Waals surface area contributed by atoms with Gasteiger partial charge in [-0.05, 0) is 83.0 Å². The lowest BCUT2D eigenvalue weighted by Crippen LogP contribution is -2.36. The van der Waals surface area contributed by atoms with E-state index in [-0.39, 0.29) is 17.9 Å². The summed E-state index contributed by atoms with van der Waals surface area (Å²) in [6, 6.07) is 33.3. The van der Waals surface area contributed by atoms with Crippen LogP contribution in [0.4, 0.5) is 0 Å². The zero-order valence-electron chi connectivity index (χ0n) is 20.3. The molecule has 3 heteroatoms. The number of fused-ring (bicyclic) bond motifs is 3. The van der Waals surface area contributed by atoms with Crippen LogP contribution in [-0.4, -0.2) is 12.5 Å². The highest BCUT2D eigenvalue weighted by atomic mass is 32.1. The fourth-order valence-electron chi connectivity index (χ4n) is 5.14. The molecule has 1 nitrogen and oxygen atoms in total. The molecule has 1 saturated heterocycles. The molecule has 1 fully saturated rings. The first-order chi connectivity index (χ1) is 16.3. The van der Waals surface area contributed by atoms with E-state index in [1.54, 1.807) is 0 Å². The predicted molar refractivity (Wildman–Crippen MR) is 149 cm³/mol. The van der Waals surface area contributed by atoms with E-state index in [9.17, 15) is 0 Å². The Bertz CT molecular complexity index is 1500. The van der Waals surface area contributed by atoms with E-state index in [2.05, 4.69) is 119 Å². The lowest BCUT2D eigenvalue weighted by Gasteiger charge is -2.34. The highest BCUT2D eigenvalue weighted by Crippen LogP contribution is 2.45. The Labute approximate surface area is 206 Å². The number of benzene rings is 4. The Hall–Kier alpha value is -2.88. The third-order valence-electron chi connectivity index (χ3n) is 7.93. The summed E-state index contributed by atoms with van der Waals surface area (Å²) in [4.78, 5) is 0. The van der Waals surface area contributed by atoms with Crippen molar-refractivity contribution in [1.29, 1.82) is 0 Å². The molecule has 2 heterocycles. The van der Waals surface area contributed by atoms with Crippen molar-refractivity contribution in [2.24, 2.45) is 5.41 Å². The van der Waals surface area contributed by atoms with Crippen LogP contribution in [0.2, 0.25) is 6.32 Å². The Morgan fingerprint density at radius 3 is 1.97 bits per heavy atom. The van der Waals surface area contributed by atoms with E-state index in [0.29, 0.717) is 0 Å². The largest absolute Gasteiger partial charge is 0.426 e. The molecule has 4 aromatic carbocycles. The Morgan fingerprint density at radius 2 is 1.26 bits per heavy atom. The molecule has 5 aromatic rings. The Morgan fingerprint density at radius 1 is 0.647 bits per heavy atom. The summed E-state index contributed by atoms with van der Waals surface area (Å²) in [6.07, 6.45) is 1.05. The van der Waals surface area contributed by atoms with Crippen LogP contribution >= 0.6 is 11.3 Å². The quantitative estimate of drug-likeness (QED) is 0.246. The minimum absolute atomic E-state index is 0.125. The molecule has 1 aromatic heterocycles. The minimum atomic E-state index is -0.125. The SMILES string of the molecule is CC1(C)CB(c2ccc3sc4ccc(-c5cccc(-c6ccccc6)c5)cc4c3c2)OC1(C)C. The first-order valence-corrected chi connectivity index (χ1v) is 12.9. The number of hydrogen-bond acceptors (Lipinski definition) is 2. The van der Waals surface area contributed by atoms with Gasteiger partial charge in [-0.25, -0.2) is 0 Å². The summed E-state index contributed by atoms with van der Waals surface area (Å²) in [7, 11) is 0. The van der Waals surface area contributed by atoms with Crippen molar-refractivity contribution >= 4 is 43.9 Å². The molecular formula is C31H29BOS. The fourth-order valence-corrected chi connectivity index (χ4v) is 6.20. The monoisotopic (exact) mass is 460 g/mol. The van der Waals surface area contributed by atoms with E-state index in [0.717, 1.165) is 6.32 Å². The molecule has 6 rings (SSSR count). The van der Waals surface area contributed by atoms with Gasteiger partial charge in [0, 0.05) is 14.8 Å². The van der Waals surface area contributed by atoms with Gasteiger partial charge in [-0.3, -0.25) is 0 Å². The summed E-state index contributed by atoms with van der Waals surface area (Å²) in [5.41, 5.74) is 6.33. The molecule has 0 unspecified atom stereocenters. The highest BCUT2D eigenvalue weighted by Gasteiger charge is 2.49. The van der Waals surface area contributed by atoms with Crippen molar-refractivity contribution in [2.75, 3.05) is 0 Å². The number of rotatable bonds is 3. The lowest BCUT2D eigenvalue weighted by molar-refractivity contribution is 0.0375. The van der Waals surface area contributed by atoms with Crippen LogP contribution in [0.3, 0.4) is 0 Å². The maximum Gasteiger partial charge on any atom is 0.327 e. The molecule has 0 aliphatic carbocycles. The van der Waals surface area contributed by atoms with Gasteiger partial charge >= 0.3 is 6.92 Å². The first kappa shape index (κ1) is 21.6. The van der Waals surface area contributed by atoms with Gasteiger partial charge in [-0.15, -0.1) is 11.3 Å². The second-order valence-corrected chi connectivity index (χ2v) is 11.8. The highest BCUT2D eigenvalue weighted by molar-refractivity contribution is 7.25. The molecule has 1 aliphatic rings. The Kier molecular flexibility index (Phi) is 4.99. The van der Waals surface area contributed by atoms with Gasteiger partial charge in [0.15, 0.2) is 0 Å². The summed E-state index contributed by atoms with van der Waals surface area (Å²) in [5.74, 6) is 0. The maximum absolute atomic E-state index is 6.54. The molecule has 0 radical (unpaired) electrons. The van der Waals surface area contributed by atoms with Crippen LogP contribution in [-0.2, 0) is 4.65 Å². The van der Waals surface area contributed by atoms with Crippen molar-refractivity contribution in [3.05, 3.63) is 91.0 Å². The van der Waals surface area contributed by atoms with Gasteiger partial charge in [-0.1, -0.05) is 80.6 Å². The molecule has 1 aliphatic heterocycles. The number of thiophene rings is 1. The molecule has 0 bridgehead atoms. The van der Waals surface area contributed by atoms with Crippen LogP contribution in [0.5, 0.6) is 0 Å². The number of hydrogen-bond donors (Lipinski definition) is 0. The zero-order chi connectivity index (χ0) is 23.5. The van der Waals surface area contributed by atoms with Gasteiger partial charge < -0.3 is 4.65 Å². The average molecular weight is 460 g/mol. The molecule has 34 heavy (non-hydrogen) atoms. The van der Waals surface area contributed by atoms with Gasteiger partial charge in [0.2, 0.25) is 0 Å². The normalized spacial score (nSPS) is 17.0. The van der Waals surface area contributed by atoms with Crippen LogP contribution in [0, 0.1) is 5.41 Å². The van der Waals surface area contributed by atoms with E-state index in [1.807, 2.05) is 11.3 Å². The fraction of sp³-hybridized carbons (Fsp3) is 0.226. The van der Waals surface area contributed by atoms with Gasteiger partial charge in [0.1, 0.15) is 0 Å². The maximum atomic E-state index is 6.54. The Balaban J connectivity index is 1.42. The van der Waals surface area contributed by atoms with Gasteiger partial charge in [-0.2, -0.15) is 0 Å². The van der Waals surface area contributed by atoms with E-state index < -0.39 is 0 Å². The topological polar surface area (TPSA) is 9.23 Å². The average Bonchev–Trinajstić information content (AvgIpc) is 3.31. The zero-order valence-corrected chi connectivity index (χ0v) is 21.1. The standard InChI is InChI=1S/C31H29BOS/c1-30(2)20-32(33-31(30,3)4)25-14-16-29-27(19-25)26-18-24(13-15-28(26)34-29)23-12-8-11-22(17-23)21-9-6-5-7-10-21/h5-19H,20H2,1-4H3. The second kappa shape index (κ2) is 7.83. The van der Waals surface area contributed by atoms with Crippen LogP contribution in [0.25, 0.3) is 42.4 Å². The van der Waals surface area contributed by atoms with Crippen molar-refractivity contribution in [2.45, 2.75) is 39.6 Å². The summed E-state index contributed by atoms with van der Waals surface area (Å²) < 4.78 is 9.21. The molecule has 0 amide bonds. The van der Waals surface area contributed by atoms with Gasteiger partial charge in [0.05, 0.1) is 5.60 Å². The van der Waals surface area contributed by atoms with E-state index in [1.165, 1.54) is 47.9 Å². The minimum Gasteiger partial charge on any atom is -0.426 e. The van der Waals surface area contributed by atoms with Crippen molar-refractivity contribution in [3.8, 4) is 22.3 Å². The third kappa shape index (κ3) is 3.59. The summed E-state index contributed by atoms with van der Waals surface area (Å²) >= 11 is 1.88.